The molecular weight excluding hydrogens is 463 g/mol. The van der Waals surface area contributed by atoms with Gasteiger partial charge < -0.3 is 19.5 Å². The largest absolute Gasteiger partial charge is 0.493 e. The van der Waals surface area contributed by atoms with Crippen molar-refractivity contribution >= 4 is 33.5 Å². The van der Waals surface area contributed by atoms with E-state index in [9.17, 15) is 4.79 Å². The van der Waals surface area contributed by atoms with Crippen LogP contribution in [0, 0.1) is 19.7 Å². The topological polar surface area (TPSA) is 87.5 Å². The van der Waals surface area contributed by atoms with E-state index in [2.05, 4.69) is 15.3 Å². The first-order chi connectivity index (χ1) is 17.4. The number of benzene rings is 3. The summed E-state index contributed by atoms with van der Waals surface area (Å²) in [5, 5.41) is 3.64. The van der Waals surface area contributed by atoms with Crippen molar-refractivity contribution in [2.24, 2.45) is 0 Å². The van der Waals surface area contributed by atoms with Gasteiger partial charge in [0.05, 0.1) is 30.6 Å². The highest BCUT2D eigenvalue weighted by Gasteiger charge is 2.20. The van der Waals surface area contributed by atoms with Gasteiger partial charge in [0.1, 0.15) is 6.33 Å². The molecule has 182 valence electrons. The molecule has 1 N–H and O–H groups in total. The highest BCUT2D eigenvalue weighted by Crippen LogP contribution is 2.37. The molecule has 0 saturated heterocycles. The van der Waals surface area contributed by atoms with Crippen molar-refractivity contribution in [1.82, 2.24) is 14.5 Å². The molecule has 0 radical (unpaired) electrons. The van der Waals surface area contributed by atoms with E-state index in [0.717, 1.165) is 5.56 Å². The number of nitrogens with one attached hydrogen (secondary N) is 1. The van der Waals surface area contributed by atoms with Crippen LogP contribution in [-0.2, 0) is 0 Å². The number of hydrogen-bond donors (Lipinski definition) is 1. The number of rotatable bonds is 5. The van der Waals surface area contributed by atoms with Gasteiger partial charge in [-0.3, -0.25) is 4.57 Å². The van der Waals surface area contributed by atoms with E-state index in [1.165, 1.54) is 31.2 Å². The number of fused-ring (bicyclic) bond motifs is 2. The van der Waals surface area contributed by atoms with Crippen LogP contribution in [0.25, 0.3) is 21.8 Å². The van der Waals surface area contributed by atoms with E-state index in [4.69, 9.17) is 14.2 Å². The lowest BCUT2D eigenvalue weighted by molar-refractivity contribution is 0.254. The SMILES string of the molecule is COc1cc2ncnc(Oc3ccc4c(cc(C)n4C(=O)Nc4cccc(C)c4)c3F)c2cc1OC. The number of amides is 1. The maximum atomic E-state index is 15.6. The second-order valence-electron chi connectivity index (χ2n) is 8.24. The van der Waals surface area contributed by atoms with E-state index in [1.807, 2.05) is 25.1 Å². The van der Waals surface area contributed by atoms with Gasteiger partial charge in [-0.05, 0) is 55.8 Å². The summed E-state index contributed by atoms with van der Waals surface area (Å²) < 4.78 is 33.6. The Morgan fingerprint density at radius 2 is 1.69 bits per heavy atom. The summed E-state index contributed by atoms with van der Waals surface area (Å²) >= 11 is 0. The van der Waals surface area contributed by atoms with Gasteiger partial charge >= 0.3 is 6.03 Å². The van der Waals surface area contributed by atoms with Gasteiger partial charge in [-0.1, -0.05) is 12.1 Å². The zero-order chi connectivity index (χ0) is 25.4. The number of nitrogens with zero attached hydrogens (tertiary/aromatic N) is 3. The maximum Gasteiger partial charge on any atom is 0.330 e. The van der Waals surface area contributed by atoms with E-state index in [0.29, 0.717) is 39.3 Å². The zero-order valence-electron chi connectivity index (χ0n) is 20.1. The lowest BCUT2D eigenvalue weighted by atomic mass is 10.2. The average Bonchev–Trinajstić information content (AvgIpc) is 3.21. The number of carbonyl (C=O) groups excluding carboxylic acids is 1. The van der Waals surface area contributed by atoms with Crippen molar-refractivity contribution in [3.8, 4) is 23.1 Å². The second kappa shape index (κ2) is 9.18. The highest BCUT2D eigenvalue weighted by atomic mass is 19.1. The molecule has 0 aliphatic heterocycles. The summed E-state index contributed by atoms with van der Waals surface area (Å²) in [7, 11) is 3.05. The minimum Gasteiger partial charge on any atom is -0.493 e. The molecule has 0 spiro atoms. The predicted octanol–water partition coefficient (Wildman–Crippen LogP) is 6.23. The molecule has 5 rings (SSSR count). The van der Waals surface area contributed by atoms with Gasteiger partial charge in [0, 0.05) is 22.8 Å². The summed E-state index contributed by atoms with van der Waals surface area (Å²) in [4.78, 5) is 21.5. The van der Waals surface area contributed by atoms with Crippen LogP contribution in [0.5, 0.6) is 23.1 Å². The molecule has 0 aliphatic carbocycles. The van der Waals surface area contributed by atoms with E-state index < -0.39 is 5.82 Å². The fourth-order valence-electron chi connectivity index (χ4n) is 4.15. The Kier molecular flexibility index (Phi) is 5.89. The number of hydrogen-bond acceptors (Lipinski definition) is 6. The summed E-state index contributed by atoms with van der Waals surface area (Å²) in [6.45, 7) is 3.68. The third kappa shape index (κ3) is 4.04. The monoisotopic (exact) mass is 486 g/mol. The Bertz CT molecular complexity index is 1630. The number of anilines is 1. The van der Waals surface area contributed by atoms with Crippen LogP contribution in [-0.4, -0.2) is 34.8 Å². The molecule has 0 bridgehead atoms. The Morgan fingerprint density at radius 3 is 2.44 bits per heavy atom. The fraction of sp³-hybridized carbons (Fsp3) is 0.148. The first-order valence-electron chi connectivity index (χ1n) is 11.1. The lowest BCUT2D eigenvalue weighted by Crippen LogP contribution is -2.20. The highest BCUT2D eigenvalue weighted by molar-refractivity contribution is 6.00. The molecule has 1 amide bonds. The maximum absolute atomic E-state index is 15.6. The lowest BCUT2D eigenvalue weighted by Gasteiger charge is -2.12. The van der Waals surface area contributed by atoms with Crippen LogP contribution in [0.2, 0.25) is 0 Å². The normalized spacial score (nSPS) is 11.0. The predicted molar refractivity (Wildman–Crippen MR) is 135 cm³/mol. The minimum absolute atomic E-state index is 0.0338. The van der Waals surface area contributed by atoms with E-state index >= 15 is 4.39 Å². The second-order valence-corrected chi connectivity index (χ2v) is 8.24. The third-order valence-electron chi connectivity index (χ3n) is 5.85. The van der Waals surface area contributed by atoms with Gasteiger partial charge in [-0.25, -0.2) is 19.2 Å². The molecule has 0 saturated carbocycles. The number of ether oxygens (including phenoxy) is 3. The van der Waals surface area contributed by atoms with Crippen molar-refractivity contribution in [3.05, 3.63) is 78.0 Å². The molecule has 2 heterocycles. The molecule has 9 heteroatoms. The van der Waals surface area contributed by atoms with Gasteiger partial charge in [-0.2, -0.15) is 0 Å². The van der Waals surface area contributed by atoms with Crippen LogP contribution in [0.4, 0.5) is 14.9 Å². The molecule has 0 unspecified atom stereocenters. The van der Waals surface area contributed by atoms with Crippen molar-refractivity contribution in [2.45, 2.75) is 13.8 Å². The summed E-state index contributed by atoms with van der Waals surface area (Å²) in [6.07, 6.45) is 1.33. The minimum atomic E-state index is -0.607. The van der Waals surface area contributed by atoms with E-state index in [1.54, 1.807) is 37.3 Å². The first-order valence-corrected chi connectivity index (χ1v) is 11.1. The molecule has 0 aliphatic rings. The molecule has 0 atom stereocenters. The standard InChI is InChI=1S/C27H23FN4O4/c1-15-6-5-7-17(10-15)31-27(33)32-16(2)11-19-21(32)8-9-22(25(19)28)36-26-18-12-23(34-3)24(35-4)13-20(18)29-14-30-26/h5-14H,1-4H3,(H,31,33). The van der Waals surface area contributed by atoms with E-state index in [-0.39, 0.29) is 23.0 Å². The molecule has 3 aromatic carbocycles. The van der Waals surface area contributed by atoms with Crippen LogP contribution < -0.4 is 19.5 Å². The molecular formula is C27H23FN4O4. The number of aryl methyl sites for hydroxylation is 2. The van der Waals surface area contributed by atoms with Crippen molar-refractivity contribution < 1.29 is 23.4 Å². The van der Waals surface area contributed by atoms with Crippen LogP contribution >= 0.6 is 0 Å². The molecule has 36 heavy (non-hydrogen) atoms. The van der Waals surface area contributed by atoms with Crippen molar-refractivity contribution in [3.63, 3.8) is 0 Å². The fourth-order valence-corrected chi connectivity index (χ4v) is 4.15. The van der Waals surface area contributed by atoms with Crippen LogP contribution in [0.3, 0.4) is 0 Å². The summed E-state index contributed by atoms with van der Waals surface area (Å²) in [5.74, 6) is 0.488. The van der Waals surface area contributed by atoms with Crippen LogP contribution in [0.15, 0.2) is 60.9 Å². The van der Waals surface area contributed by atoms with Gasteiger partial charge in [0.15, 0.2) is 23.1 Å². The Balaban J connectivity index is 1.52. The smallest absolute Gasteiger partial charge is 0.330 e. The zero-order valence-corrected chi connectivity index (χ0v) is 20.1. The quantitative estimate of drug-likeness (QED) is 0.317. The number of methoxy groups -OCH3 is 2. The molecule has 8 nitrogen and oxygen atoms in total. The summed E-state index contributed by atoms with van der Waals surface area (Å²) in [5.41, 5.74) is 3.22. The van der Waals surface area contributed by atoms with Crippen LogP contribution in [0.1, 0.15) is 11.3 Å². The van der Waals surface area contributed by atoms with Gasteiger partial charge in [0.25, 0.3) is 0 Å². The van der Waals surface area contributed by atoms with Crippen molar-refractivity contribution in [2.75, 3.05) is 19.5 Å². The number of carbonyl (C=O) groups is 1. The Hall–Kier alpha value is -4.66. The van der Waals surface area contributed by atoms with Crippen molar-refractivity contribution in [1.29, 1.82) is 0 Å². The van der Waals surface area contributed by atoms with Gasteiger partial charge in [-0.15, -0.1) is 0 Å². The third-order valence-corrected chi connectivity index (χ3v) is 5.85. The van der Waals surface area contributed by atoms with Gasteiger partial charge in [0.2, 0.25) is 5.88 Å². The first kappa shape index (κ1) is 23.1. The molecule has 5 aromatic rings. The molecule has 2 aromatic heterocycles. The number of halogens is 1. The number of aromatic nitrogens is 3. The Morgan fingerprint density at radius 1 is 0.917 bits per heavy atom. The molecule has 0 fully saturated rings. The summed E-state index contributed by atoms with van der Waals surface area (Å²) in [6, 6.07) is 15.2. The average molecular weight is 487 g/mol. The Labute approximate surface area is 206 Å².